The summed E-state index contributed by atoms with van der Waals surface area (Å²) in [5, 5.41) is 2.90. The van der Waals surface area contributed by atoms with E-state index in [0.717, 1.165) is 10.7 Å². The summed E-state index contributed by atoms with van der Waals surface area (Å²) in [5.41, 5.74) is 2.19. The zero-order valence-electron chi connectivity index (χ0n) is 15.7. The highest BCUT2D eigenvalue weighted by Gasteiger charge is 2.21. The zero-order valence-corrected chi connectivity index (χ0v) is 16.5. The van der Waals surface area contributed by atoms with Gasteiger partial charge in [-0.25, -0.2) is 12.7 Å². The smallest absolute Gasteiger partial charge is 0.251 e. The monoisotopic (exact) mass is 374 g/mol. The Hall–Kier alpha value is -2.18. The Kier molecular flexibility index (Phi) is 6.56. The number of amides is 1. The molecule has 0 fully saturated rings. The third-order valence-corrected chi connectivity index (χ3v) is 6.20. The molecule has 5 nitrogen and oxygen atoms in total. The fourth-order valence-corrected chi connectivity index (χ4v) is 3.82. The SMILES string of the molecule is Cc1ccc(C(=O)NCC(C)Cc2ccccc2)cc1S(=O)(=O)N(C)C. The van der Waals surface area contributed by atoms with Gasteiger partial charge in [0.15, 0.2) is 0 Å². The molecule has 0 heterocycles. The lowest BCUT2D eigenvalue weighted by Gasteiger charge is -2.16. The number of carbonyl (C=O) groups is 1. The molecule has 0 bridgehead atoms. The maximum absolute atomic E-state index is 12.4. The molecular formula is C20H26N2O3S. The first-order valence-corrected chi connectivity index (χ1v) is 10.0. The van der Waals surface area contributed by atoms with Crippen molar-refractivity contribution in [2.24, 2.45) is 5.92 Å². The van der Waals surface area contributed by atoms with Crippen LogP contribution >= 0.6 is 0 Å². The van der Waals surface area contributed by atoms with Crippen molar-refractivity contribution in [1.82, 2.24) is 9.62 Å². The first kappa shape index (κ1) is 20.1. The van der Waals surface area contributed by atoms with Crippen molar-refractivity contribution in [3.8, 4) is 0 Å². The maximum atomic E-state index is 12.4. The van der Waals surface area contributed by atoms with Crippen LogP contribution in [0.15, 0.2) is 53.4 Å². The zero-order chi connectivity index (χ0) is 19.3. The summed E-state index contributed by atoms with van der Waals surface area (Å²) >= 11 is 0. The van der Waals surface area contributed by atoms with Crippen LogP contribution in [0.25, 0.3) is 0 Å². The Morgan fingerprint density at radius 3 is 2.38 bits per heavy atom. The van der Waals surface area contributed by atoms with E-state index in [1.165, 1.54) is 25.7 Å². The molecule has 1 N–H and O–H groups in total. The predicted octanol–water partition coefficient (Wildman–Crippen LogP) is 2.85. The summed E-state index contributed by atoms with van der Waals surface area (Å²) in [5.74, 6) is 0.0110. The molecule has 0 aliphatic heterocycles. The number of carbonyl (C=O) groups excluding carboxylic acids is 1. The van der Waals surface area contributed by atoms with E-state index in [-0.39, 0.29) is 16.7 Å². The maximum Gasteiger partial charge on any atom is 0.251 e. The van der Waals surface area contributed by atoms with Crippen LogP contribution in [-0.4, -0.2) is 39.3 Å². The van der Waals surface area contributed by atoms with Crippen LogP contribution in [0.3, 0.4) is 0 Å². The molecule has 0 aliphatic rings. The molecule has 140 valence electrons. The second kappa shape index (κ2) is 8.47. The van der Waals surface area contributed by atoms with Crippen molar-refractivity contribution in [1.29, 1.82) is 0 Å². The largest absolute Gasteiger partial charge is 0.352 e. The summed E-state index contributed by atoms with van der Waals surface area (Å²) in [4.78, 5) is 12.6. The highest BCUT2D eigenvalue weighted by atomic mass is 32.2. The minimum Gasteiger partial charge on any atom is -0.352 e. The summed E-state index contributed by atoms with van der Waals surface area (Å²) in [7, 11) is -0.624. The van der Waals surface area contributed by atoms with Crippen molar-refractivity contribution in [2.45, 2.75) is 25.2 Å². The van der Waals surface area contributed by atoms with Gasteiger partial charge in [-0.15, -0.1) is 0 Å². The second-order valence-electron chi connectivity index (χ2n) is 6.77. The predicted molar refractivity (Wildman–Crippen MR) is 104 cm³/mol. The van der Waals surface area contributed by atoms with Crippen LogP contribution in [-0.2, 0) is 16.4 Å². The van der Waals surface area contributed by atoms with Crippen LogP contribution in [0.5, 0.6) is 0 Å². The number of nitrogens with zero attached hydrogens (tertiary/aromatic N) is 1. The minimum absolute atomic E-state index is 0.160. The van der Waals surface area contributed by atoms with Crippen LogP contribution in [0.1, 0.15) is 28.4 Å². The number of benzene rings is 2. The molecule has 1 atom stereocenters. The lowest BCUT2D eigenvalue weighted by atomic mass is 10.0. The van der Waals surface area contributed by atoms with Gasteiger partial charge in [-0.3, -0.25) is 4.79 Å². The molecule has 0 aliphatic carbocycles. The number of rotatable bonds is 7. The molecule has 0 aromatic heterocycles. The Morgan fingerprint density at radius 2 is 1.77 bits per heavy atom. The van der Waals surface area contributed by atoms with E-state index >= 15 is 0 Å². The van der Waals surface area contributed by atoms with Crippen molar-refractivity contribution in [2.75, 3.05) is 20.6 Å². The Morgan fingerprint density at radius 1 is 1.12 bits per heavy atom. The first-order chi connectivity index (χ1) is 12.2. The molecule has 1 amide bonds. The number of sulfonamides is 1. The summed E-state index contributed by atoms with van der Waals surface area (Å²) in [6.07, 6.45) is 0.870. The van der Waals surface area contributed by atoms with E-state index < -0.39 is 10.0 Å². The van der Waals surface area contributed by atoms with Gasteiger partial charge in [0.25, 0.3) is 5.91 Å². The first-order valence-electron chi connectivity index (χ1n) is 8.57. The van der Waals surface area contributed by atoms with Crippen LogP contribution in [0.4, 0.5) is 0 Å². The molecule has 6 heteroatoms. The standard InChI is InChI=1S/C20H26N2O3S/c1-15(12-17-8-6-5-7-9-17)14-21-20(23)18-11-10-16(2)19(13-18)26(24,25)22(3)4/h5-11,13,15H,12,14H2,1-4H3,(H,21,23). The third-order valence-electron chi connectivity index (χ3n) is 4.25. The minimum atomic E-state index is -3.58. The summed E-state index contributed by atoms with van der Waals surface area (Å²) in [6.45, 7) is 4.32. The van der Waals surface area contributed by atoms with E-state index in [1.807, 2.05) is 18.2 Å². The number of nitrogens with one attached hydrogen (secondary N) is 1. The molecule has 1 unspecified atom stereocenters. The van der Waals surface area contributed by atoms with E-state index in [0.29, 0.717) is 17.7 Å². The molecule has 0 spiro atoms. The van der Waals surface area contributed by atoms with Crippen LogP contribution in [0.2, 0.25) is 0 Å². The van der Waals surface area contributed by atoms with Crippen molar-refractivity contribution in [3.05, 3.63) is 65.2 Å². The van der Waals surface area contributed by atoms with Gasteiger partial charge >= 0.3 is 0 Å². The van der Waals surface area contributed by atoms with Gasteiger partial charge in [0, 0.05) is 26.2 Å². The lowest BCUT2D eigenvalue weighted by molar-refractivity contribution is 0.0948. The van der Waals surface area contributed by atoms with Gasteiger partial charge in [-0.2, -0.15) is 0 Å². The fourth-order valence-electron chi connectivity index (χ4n) is 2.67. The van der Waals surface area contributed by atoms with E-state index in [4.69, 9.17) is 0 Å². The topological polar surface area (TPSA) is 66.5 Å². The summed E-state index contributed by atoms with van der Waals surface area (Å²) < 4.78 is 25.9. The molecule has 2 rings (SSSR count). The number of aryl methyl sites for hydroxylation is 1. The van der Waals surface area contributed by atoms with Gasteiger partial charge in [-0.05, 0) is 42.5 Å². The fraction of sp³-hybridized carbons (Fsp3) is 0.350. The van der Waals surface area contributed by atoms with Gasteiger partial charge in [0.05, 0.1) is 4.90 Å². The van der Waals surface area contributed by atoms with E-state index in [1.54, 1.807) is 19.1 Å². The highest BCUT2D eigenvalue weighted by Crippen LogP contribution is 2.20. The van der Waals surface area contributed by atoms with Gasteiger partial charge < -0.3 is 5.32 Å². The Bertz CT molecular complexity index is 862. The van der Waals surface area contributed by atoms with E-state index in [2.05, 4.69) is 24.4 Å². The van der Waals surface area contributed by atoms with Crippen molar-refractivity contribution < 1.29 is 13.2 Å². The van der Waals surface area contributed by atoms with E-state index in [9.17, 15) is 13.2 Å². The lowest BCUT2D eigenvalue weighted by Crippen LogP contribution is -2.29. The molecule has 2 aromatic rings. The van der Waals surface area contributed by atoms with Gasteiger partial charge in [0.2, 0.25) is 10.0 Å². The molecule has 26 heavy (non-hydrogen) atoms. The van der Waals surface area contributed by atoms with Crippen LogP contribution < -0.4 is 5.32 Å². The molecule has 0 radical (unpaired) electrons. The van der Waals surface area contributed by atoms with Crippen molar-refractivity contribution in [3.63, 3.8) is 0 Å². The summed E-state index contributed by atoms with van der Waals surface area (Å²) in [6, 6.07) is 14.9. The number of hydrogen-bond acceptors (Lipinski definition) is 3. The Balaban J connectivity index is 2.06. The second-order valence-corrected chi connectivity index (χ2v) is 8.89. The van der Waals surface area contributed by atoms with Crippen molar-refractivity contribution >= 4 is 15.9 Å². The van der Waals surface area contributed by atoms with Gasteiger partial charge in [-0.1, -0.05) is 43.3 Å². The molecule has 0 saturated carbocycles. The van der Waals surface area contributed by atoms with Crippen LogP contribution in [0, 0.1) is 12.8 Å². The molecule has 0 saturated heterocycles. The highest BCUT2D eigenvalue weighted by molar-refractivity contribution is 7.89. The average molecular weight is 375 g/mol. The Labute approximate surface area is 156 Å². The normalized spacial score (nSPS) is 12.8. The average Bonchev–Trinajstić information content (AvgIpc) is 2.60. The molecule has 2 aromatic carbocycles. The van der Waals surface area contributed by atoms with Gasteiger partial charge in [0.1, 0.15) is 0 Å². The number of hydrogen-bond donors (Lipinski definition) is 1. The third kappa shape index (κ3) is 4.93. The molecular weight excluding hydrogens is 348 g/mol. The quantitative estimate of drug-likeness (QED) is 0.810.